The van der Waals surface area contributed by atoms with Gasteiger partial charge in [-0.15, -0.1) is 0 Å². The minimum atomic E-state index is -0.527. The third-order valence-corrected chi connectivity index (χ3v) is 3.36. The maximum absolute atomic E-state index is 13.3. The second-order valence-corrected chi connectivity index (χ2v) is 5.44. The van der Waals surface area contributed by atoms with E-state index >= 15 is 0 Å². The fourth-order valence-corrected chi connectivity index (χ4v) is 2.34. The van der Waals surface area contributed by atoms with Crippen molar-refractivity contribution in [3.63, 3.8) is 0 Å². The Bertz CT molecular complexity index is 625. The third-order valence-electron chi connectivity index (χ3n) is 2.59. The molecule has 0 aliphatic carbocycles. The van der Waals surface area contributed by atoms with Gasteiger partial charge in [-0.2, -0.15) is 0 Å². The Morgan fingerprint density at radius 1 is 1.26 bits per heavy atom. The number of hydrogen-bond acceptors (Lipinski definition) is 2. The number of anilines is 1. The van der Waals surface area contributed by atoms with Gasteiger partial charge in [-0.1, -0.05) is 33.6 Å². The Balaban J connectivity index is 2.22. The van der Waals surface area contributed by atoms with E-state index in [1.54, 1.807) is 24.3 Å². The first-order valence-electron chi connectivity index (χ1n) is 5.49. The summed E-state index contributed by atoms with van der Waals surface area (Å²) in [6, 6.07) is 9.32. The SMILES string of the molecule is Nc1cc(Br)cc(C(=O)Cc2ccc(Cl)c(F)c2)c1. The molecule has 2 N–H and O–H groups in total. The van der Waals surface area contributed by atoms with Crippen LogP contribution in [0.3, 0.4) is 0 Å². The summed E-state index contributed by atoms with van der Waals surface area (Å²) in [5.41, 5.74) is 7.24. The summed E-state index contributed by atoms with van der Waals surface area (Å²) >= 11 is 8.87. The van der Waals surface area contributed by atoms with Crippen molar-refractivity contribution in [2.45, 2.75) is 6.42 Å². The summed E-state index contributed by atoms with van der Waals surface area (Å²) in [5.74, 6) is -0.657. The third kappa shape index (κ3) is 3.55. The highest BCUT2D eigenvalue weighted by atomic mass is 79.9. The summed E-state index contributed by atoms with van der Waals surface area (Å²) in [7, 11) is 0. The van der Waals surface area contributed by atoms with Crippen molar-refractivity contribution in [1.82, 2.24) is 0 Å². The number of carbonyl (C=O) groups is 1. The second kappa shape index (κ2) is 5.72. The minimum absolute atomic E-state index is 0.0444. The van der Waals surface area contributed by atoms with E-state index in [4.69, 9.17) is 17.3 Å². The molecule has 0 bridgehead atoms. The monoisotopic (exact) mass is 341 g/mol. The molecule has 0 radical (unpaired) electrons. The highest BCUT2D eigenvalue weighted by Crippen LogP contribution is 2.20. The van der Waals surface area contributed by atoms with Gasteiger partial charge in [0.05, 0.1) is 5.02 Å². The van der Waals surface area contributed by atoms with E-state index in [1.807, 2.05) is 0 Å². The number of rotatable bonds is 3. The minimum Gasteiger partial charge on any atom is -0.399 e. The highest BCUT2D eigenvalue weighted by molar-refractivity contribution is 9.10. The number of nitrogen functional groups attached to an aromatic ring is 1. The van der Waals surface area contributed by atoms with Gasteiger partial charge < -0.3 is 5.73 Å². The molecule has 0 heterocycles. The number of benzene rings is 2. The Morgan fingerprint density at radius 3 is 2.63 bits per heavy atom. The van der Waals surface area contributed by atoms with Crippen molar-refractivity contribution in [2.24, 2.45) is 0 Å². The molecule has 5 heteroatoms. The first-order valence-corrected chi connectivity index (χ1v) is 6.66. The lowest BCUT2D eigenvalue weighted by molar-refractivity contribution is 0.0993. The molecule has 2 nitrogen and oxygen atoms in total. The zero-order valence-corrected chi connectivity index (χ0v) is 12.1. The molecule has 2 rings (SSSR count). The molecule has 0 saturated carbocycles. The molecule has 98 valence electrons. The molecule has 0 fully saturated rings. The second-order valence-electron chi connectivity index (χ2n) is 4.12. The zero-order chi connectivity index (χ0) is 14.0. The van der Waals surface area contributed by atoms with E-state index in [0.29, 0.717) is 16.8 Å². The topological polar surface area (TPSA) is 43.1 Å². The fourth-order valence-electron chi connectivity index (χ4n) is 1.71. The number of halogens is 3. The van der Waals surface area contributed by atoms with Gasteiger partial charge in [0.15, 0.2) is 5.78 Å². The lowest BCUT2D eigenvalue weighted by atomic mass is 10.0. The van der Waals surface area contributed by atoms with Gasteiger partial charge in [0.25, 0.3) is 0 Å². The Kier molecular flexibility index (Phi) is 4.22. The van der Waals surface area contributed by atoms with E-state index in [1.165, 1.54) is 12.1 Å². The quantitative estimate of drug-likeness (QED) is 0.669. The van der Waals surface area contributed by atoms with Crippen molar-refractivity contribution < 1.29 is 9.18 Å². The van der Waals surface area contributed by atoms with E-state index in [2.05, 4.69) is 15.9 Å². The summed E-state index contributed by atoms with van der Waals surface area (Å²) in [4.78, 5) is 12.1. The molecule has 0 amide bonds. The van der Waals surface area contributed by atoms with Gasteiger partial charge in [0.1, 0.15) is 5.82 Å². The molecular weight excluding hydrogens is 333 g/mol. The molecule has 2 aromatic rings. The van der Waals surface area contributed by atoms with Gasteiger partial charge in [-0.05, 0) is 35.9 Å². The molecule has 0 unspecified atom stereocenters. The molecular formula is C14H10BrClFNO. The average Bonchev–Trinajstić information content (AvgIpc) is 2.32. The standard InChI is InChI=1S/C14H10BrClFNO/c15-10-5-9(6-11(18)7-10)14(19)4-8-1-2-12(16)13(17)3-8/h1-3,5-7H,4,18H2. The number of nitrogens with two attached hydrogens (primary N) is 1. The van der Waals surface area contributed by atoms with E-state index in [9.17, 15) is 9.18 Å². The maximum atomic E-state index is 13.3. The van der Waals surface area contributed by atoms with Crippen LogP contribution in [0.4, 0.5) is 10.1 Å². The van der Waals surface area contributed by atoms with E-state index in [0.717, 1.165) is 4.47 Å². The molecule has 2 aromatic carbocycles. The van der Waals surface area contributed by atoms with Crippen LogP contribution in [-0.2, 0) is 6.42 Å². The molecule has 0 aliphatic heterocycles. The first kappa shape index (κ1) is 14.0. The highest BCUT2D eigenvalue weighted by Gasteiger charge is 2.10. The van der Waals surface area contributed by atoms with E-state index in [-0.39, 0.29) is 17.2 Å². The van der Waals surface area contributed by atoms with Crippen LogP contribution in [0.25, 0.3) is 0 Å². The van der Waals surface area contributed by atoms with Crippen LogP contribution in [-0.4, -0.2) is 5.78 Å². The predicted octanol–water partition coefficient (Wildman–Crippen LogP) is 4.25. The number of ketones is 1. The van der Waals surface area contributed by atoms with Gasteiger partial charge >= 0.3 is 0 Å². The lowest BCUT2D eigenvalue weighted by Crippen LogP contribution is -2.04. The van der Waals surface area contributed by atoms with Crippen molar-refractivity contribution in [1.29, 1.82) is 0 Å². The summed E-state index contributed by atoms with van der Waals surface area (Å²) in [6.07, 6.45) is 0.101. The predicted molar refractivity (Wildman–Crippen MR) is 78.0 cm³/mol. The number of carbonyl (C=O) groups excluding carboxylic acids is 1. The van der Waals surface area contributed by atoms with Crippen LogP contribution >= 0.6 is 27.5 Å². The largest absolute Gasteiger partial charge is 0.399 e. The maximum Gasteiger partial charge on any atom is 0.167 e. The van der Waals surface area contributed by atoms with Crippen molar-refractivity contribution in [3.8, 4) is 0 Å². The van der Waals surface area contributed by atoms with Crippen LogP contribution in [0.1, 0.15) is 15.9 Å². The Hall–Kier alpha value is -1.39. The lowest BCUT2D eigenvalue weighted by Gasteiger charge is -2.05. The molecule has 0 spiro atoms. The summed E-state index contributed by atoms with van der Waals surface area (Å²) in [5, 5.41) is 0.0444. The Morgan fingerprint density at radius 2 is 2.00 bits per heavy atom. The molecule has 19 heavy (non-hydrogen) atoms. The van der Waals surface area contributed by atoms with Crippen LogP contribution in [0, 0.1) is 5.82 Å². The normalized spacial score (nSPS) is 10.5. The van der Waals surface area contributed by atoms with Crippen molar-refractivity contribution in [3.05, 3.63) is 62.8 Å². The van der Waals surface area contributed by atoms with Crippen molar-refractivity contribution in [2.75, 3.05) is 5.73 Å². The summed E-state index contributed by atoms with van der Waals surface area (Å²) < 4.78 is 14.0. The first-order chi connectivity index (χ1) is 8.95. The van der Waals surface area contributed by atoms with Gasteiger partial charge in [-0.25, -0.2) is 4.39 Å². The molecule has 0 aromatic heterocycles. The Labute approximate surface area is 123 Å². The molecule has 0 atom stereocenters. The van der Waals surface area contributed by atoms with E-state index < -0.39 is 5.82 Å². The van der Waals surface area contributed by atoms with Crippen LogP contribution in [0.5, 0.6) is 0 Å². The van der Waals surface area contributed by atoms with Gasteiger partial charge in [-0.3, -0.25) is 4.79 Å². The molecule has 0 saturated heterocycles. The van der Waals surface area contributed by atoms with Crippen LogP contribution in [0.2, 0.25) is 5.02 Å². The zero-order valence-electron chi connectivity index (χ0n) is 9.79. The van der Waals surface area contributed by atoms with Crippen molar-refractivity contribution >= 4 is 39.0 Å². The summed E-state index contributed by atoms with van der Waals surface area (Å²) in [6.45, 7) is 0. The fraction of sp³-hybridized carbons (Fsp3) is 0.0714. The number of Topliss-reactive ketones (excluding diaryl/α,β-unsaturated/α-hetero) is 1. The van der Waals surface area contributed by atoms with Crippen LogP contribution < -0.4 is 5.73 Å². The van der Waals surface area contributed by atoms with Crippen LogP contribution in [0.15, 0.2) is 40.9 Å². The van der Waals surface area contributed by atoms with Gasteiger partial charge in [0, 0.05) is 22.1 Å². The smallest absolute Gasteiger partial charge is 0.167 e. The average molecular weight is 343 g/mol. The molecule has 0 aliphatic rings. The number of hydrogen-bond donors (Lipinski definition) is 1. The van der Waals surface area contributed by atoms with Gasteiger partial charge in [0.2, 0.25) is 0 Å².